The van der Waals surface area contributed by atoms with E-state index in [9.17, 15) is 44.7 Å². The minimum absolute atomic E-state index is 0.101. The summed E-state index contributed by atoms with van der Waals surface area (Å²) in [6, 6.07) is 2.65. The molecule has 0 spiro atoms. The Labute approximate surface area is 263 Å². The summed E-state index contributed by atoms with van der Waals surface area (Å²) in [5, 5.41) is 59.5. The molecule has 2 aromatic carbocycles. The van der Waals surface area contributed by atoms with Crippen LogP contribution in [0.5, 0.6) is 11.5 Å². The van der Waals surface area contributed by atoms with Crippen molar-refractivity contribution in [3.05, 3.63) is 47.5 Å². The molecule has 6 atom stereocenters. The Morgan fingerprint density at radius 2 is 1.67 bits per heavy atom. The summed E-state index contributed by atoms with van der Waals surface area (Å²) >= 11 is 0. The maximum absolute atomic E-state index is 13.4. The van der Waals surface area contributed by atoms with E-state index in [2.05, 4.69) is 20.9 Å². The number of carboxylic acid groups (broad SMARTS) is 1. The lowest BCUT2D eigenvalue weighted by Crippen LogP contribution is -2.57. The zero-order valence-electron chi connectivity index (χ0n) is 24.8. The Bertz CT molecular complexity index is 1470. The standard InChI is InChI=1S/C29H40N8O9/c30-18(2-1-7-34-29(32)33)25(42)35-12-16(38)11-20-27(44)37-23(28(45)46)24(41)17-9-14(4-6-22(17)40)13-3-5-21(39)15(8-13)10-19(31)26(43)36-20/h3-6,8-9,16,18-20,23-24,38-41H,1-2,7,10-12,30-31H2,(H,35,42)(H,36,43)(H,37,44)(H,45,46)(H4,32,33,34)/t16-,18-,19-,20+,23-,24+/m0/s1. The summed E-state index contributed by atoms with van der Waals surface area (Å²) in [5.74, 6) is -4.98. The van der Waals surface area contributed by atoms with Gasteiger partial charge >= 0.3 is 5.97 Å². The van der Waals surface area contributed by atoms with E-state index in [1.165, 1.54) is 36.4 Å². The van der Waals surface area contributed by atoms with Gasteiger partial charge in [0.05, 0.1) is 18.2 Å². The van der Waals surface area contributed by atoms with Crippen molar-refractivity contribution in [3.8, 4) is 22.6 Å². The van der Waals surface area contributed by atoms with Crippen LogP contribution >= 0.6 is 0 Å². The molecule has 1 aliphatic rings. The average Bonchev–Trinajstić information content (AvgIpc) is 3.00. The molecule has 46 heavy (non-hydrogen) atoms. The summed E-state index contributed by atoms with van der Waals surface area (Å²) in [4.78, 5) is 54.8. The molecular formula is C29H40N8O9. The van der Waals surface area contributed by atoms with Gasteiger partial charge in [-0.1, -0.05) is 12.1 Å². The smallest absolute Gasteiger partial charge is 0.329 e. The van der Waals surface area contributed by atoms with Crippen LogP contribution in [0.4, 0.5) is 0 Å². The fraction of sp³-hybridized carbons (Fsp3) is 0.414. The number of aliphatic carboxylic acids is 1. The number of benzene rings is 2. The van der Waals surface area contributed by atoms with E-state index in [0.29, 0.717) is 17.5 Å². The van der Waals surface area contributed by atoms with Gasteiger partial charge in [0, 0.05) is 31.5 Å². The first kappa shape index (κ1) is 35.5. The van der Waals surface area contributed by atoms with Gasteiger partial charge in [-0.2, -0.15) is 0 Å². The number of aromatic hydroxyl groups is 2. The third-order valence-corrected chi connectivity index (χ3v) is 7.37. The number of amides is 3. The topological polar surface area (TPSA) is 322 Å². The minimum atomic E-state index is -2.00. The third kappa shape index (κ3) is 9.51. The summed E-state index contributed by atoms with van der Waals surface area (Å²) in [6.07, 6.45) is -3.46. The van der Waals surface area contributed by atoms with Gasteiger partial charge in [-0.15, -0.1) is 0 Å². The van der Waals surface area contributed by atoms with Gasteiger partial charge in [0.15, 0.2) is 12.0 Å². The Balaban J connectivity index is 1.86. The molecule has 16 N–H and O–H groups in total. The Morgan fingerprint density at radius 3 is 2.33 bits per heavy atom. The molecule has 2 aromatic rings. The molecule has 1 heterocycles. The maximum atomic E-state index is 13.4. The molecule has 1 aliphatic heterocycles. The van der Waals surface area contributed by atoms with Gasteiger partial charge in [0.2, 0.25) is 17.7 Å². The molecule has 0 unspecified atom stereocenters. The number of carbonyl (C=O) groups is 4. The number of phenols is 2. The van der Waals surface area contributed by atoms with Crippen LogP contribution in [0.2, 0.25) is 0 Å². The Morgan fingerprint density at radius 1 is 1.02 bits per heavy atom. The molecule has 3 rings (SSSR count). The van der Waals surface area contributed by atoms with Crippen molar-refractivity contribution in [2.45, 2.75) is 62.1 Å². The highest BCUT2D eigenvalue weighted by Gasteiger charge is 2.35. The minimum Gasteiger partial charge on any atom is -0.508 e. The normalized spacial score (nSPS) is 21.4. The van der Waals surface area contributed by atoms with Crippen LogP contribution in [0.1, 0.15) is 36.5 Å². The first-order chi connectivity index (χ1) is 21.7. The number of rotatable bonds is 10. The molecule has 250 valence electrons. The van der Waals surface area contributed by atoms with Gasteiger partial charge in [0.25, 0.3) is 0 Å². The van der Waals surface area contributed by atoms with Crippen molar-refractivity contribution >= 4 is 29.7 Å². The lowest BCUT2D eigenvalue weighted by molar-refractivity contribution is -0.146. The molecule has 4 bridgehead atoms. The summed E-state index contributed by atoms with van der Waals surface area (Å²) in [5.41, 5.74) is 23.5. The monoisotopic (exact) mass is 644 g/mol. The van der Waals surface area contributed by atoms with Gasteiger partial charge in [-0.3, -0.25) is 19.4 Å². The number of aliphatic hydroxyl groups is 2. The van der Waals surface area contributed by atoms with E-state index in [1.54, 1.807) is 0 Å². The SMILES string of the molecule is NC(N)=NCCC[C@H](N)C(=O)NC[C@@H](O)C[C@H]1NC(=O)[C@@H](N)Cc2cc(ccc2O)-c2ccc(O)c(c2)[C@@H](O)[C@@H](C(=O)O)NC1=O. The lowest BCUT2D eigenvalue weighted by Gasteiger charge is -2.27. The largest absolute Gasteiger partial charge is 0.508 e. The van der Waals surface area contributed by atoms with Crippen LogP contribution in [0.25, 0.3) is 11.1 Å². The molecule has 3 amide bonds. The highest BCUT2D eigenvalue weighted by molar-refractivity contribution is 5.92. The molecule has 0 fully saturated rings. The number of guanidine groups is 1. The second-order valence-electron chi connectivity index (χ2n) is 10.9. The van der Waals surface area contributed by atoms with E-state index in [4.69, 9.17) is 22.9 Å². The van der Waals surface area contributed by atoms with Crippen molar-refractivity contribution in [2.75, 3.05) is 13.1 Å². The molecule has 0 aliphatic carbocycles. The van der Waals surface area contributed by atoms with Crippen molar-refractivity contribution in [2.24, 2.45) is 27.9 Å². The van der Waals surface area contributed by atoms with Crippen LogP contribution in [0.15, 0.2) is 41.4 Å². The average molecular weight is 645 g/mol. The number of carbonyl (C=O) groups excluding carboxylic acids is 3. The van der Waals surface area contributed by atoms with Crippen LogP contribution in [0.3, 0.4) is 0 Å². The van der Waals surface area contributed by atoms with Crippen LogP contribution in [-0.2, 0) is 25.6 Å². The van der Waals surface area contributed by atoms with Crippen LogP contribution in [0, 0.1) is 0 Å². The van der Waals surface area contributed by atoms with Gasteiger partial charge in [-0.05, 0) is 53.8 Å². The maximum Gasteiger partial charge on any atom is 0.329 e. The number of hydrogen-bond donors (Lipinski definition) is 12. The predicted molar refractivity (Wildman–Crippen MR) is 165 cm³/mol. The van der Waals surface area contributed by atoms with E-state index >= 15 is 0 Å². The molecule has 0 saturated heterocycles. The van der Waals surface area contributed by atoms with Gasteiger partial charge < -0.3 is 64.4 Å². The number of fused-ring (bicyclic) bond motifs is 5. The molecule has 0 aromatic heterocycles. The van der Waals surface area contributed by atoms with Crippen LogP contribution < -0.4 is 38.9 Å². The third-order valence-electron chi connectivity index (χ3n) is 7.37. The van der Waals surface area contributed by atoms with Crippen molar-refractivity contribution < 1.29 is 44.7 Å². The highest BCUT2D eigenvalue weighted by Crippen LogP contribution is 2.34. The number of phenolic OH excluding ortho intramolecular Hbond substituents is 2. The van der Waals surface area contributed by atoms with Crippen LogP contribution in [-0.4, -0.2) is 98.5 Å². The first-order valence-electron chi connectivity index (χ1n) is 14.4. The molecule has 0 radical (unpaired) electrons. The fourth-order valence-electron chi connectivity index (χ4n) is 4.80. The number of aliphatic hydroxyl groups excluding tert-OH is 2. The van der Waals surface area contributed by atoms with Crippen molar-refractivity contribution in [3.63, 3.8) is 0 Å². The van der Waals surface area contributed by atoms with E-state index in [1.807, 2.05) is 0 Å². The van der Waals surface area contributed by atoms with Gasteiger partial charge in [0.1, 0.15) is 23.6 Å². The molecular weight excluding hydrogens is 604 g/mol. The van der Waals surface area contributed by atoms with E-state index in [-0.39, 0.29) is 42.2 Å². The zero-order chi connectivity index (χ0) is 34.1. The lowest BCUT2D eigenvalue weighted by atomic mass is 9.94. The number of hydrogen-bond acceptors (Lipinski definition) is 11. The van der Waals surface area contributed by atoms with E-state index < -0.39 is 78.8 Å². The number of nitrogens with two attached hydrogens (primary N) is 4. The molecule has 17 heteroatoms. The quantitative estimate of drug-likeness (QED) is 0.0697. The first-order valence-corrected chi connectivity index (χ1v) is 14.4. The number of aliphatic imine (C=N–C) groups is 1. The number of nitrogens with zero attached hydrogens (tertiary/aromatic N) is 1. The second-order valence-corrected chi connectivity index (χ2v) is 10.9. The predicted octanol–water partition coefficient (Wildman–Crippen LogP) is -3.02. The Kier molecular flexibility index (Phi) is 12.2. The molecule has 17 nitrogen and oxygen atoms in total. The second kappa shape index (κ2) is 15.8. The number of nitrogens with one attached hydrogen (secondary N) is 3. The van der Waals surface area contributed by atoms with Gasteiger partial charge in [-0.25, -0.2) is 4.79 Å². The summed E-state index contributed by atoms with van der Waals surface area (Å²) in [7, 11) is 0. The molecule has 0 saturated carbocycles. The van der Waals surface area contributed by atoms with Crippen molar-refractivity contribution in [1.29, 1.82) is 0 Å². The number of carboxylic acids is 1. The zero-order valence-corrected chi connectivity index (χ0v) is 24.8. The van der Waals surface area contributed by atoms with E-state index in [0.717, 1.165) is 0 Å². The van der Waals surface area contributed by atoms with Crippen molar-refractivity contribution in [1.82, 2.24) is 16.0 Å². The summed E-state index contributed by atoms with van der Waals surface area (Å²) in [6.45, 7) is -0.134. The summed E-state index contributed by atoms with van der Waals surface area (Å²) < 4.78 is 0. The fourth-order valence-corrected chi connectivity index (χ4v) is 4.80. The Hall–Kier alpha value is -4.97. The highest BCUT2D eigenvalue weighted by atomic mass is 16.4.